The zero-order valence-electron chi connectivity index (χ0n) is 15.8. The summed E-state index contributed by atoms with van der Waals surface area (Å²) in [4.78, 5) is 17.4. The van der Waals surface area contributed by atoms with Gasteiger partial charge in [0.2, 0.25) is 0 Å². The SMILES string of the molecule is COc1ccc(CCNC(=O)N2CCCSCC2CN2CCCC2)cc1. The molecule has 0 aromatic heterocycles. The molecule has 2 aliphatic heterocycles. The van der Waals surface area contributed by atoms with Crippen molar-refractivity contribution >= 4 is 17.8 Å². The average molecular weight is 378 g/mol. The van der Waals surface area contributed by atoms with Crippen molar-refractivity contribution in [1.82, 2.24) is 15.1 Å². The third kappa shape index (κ3) is 5.55. The molecule has 5 nitrogen and oxygen atoms in total. The molecule has 1 N–H and O–H groups in total. The molecule has 0 spiro atoms. The zero-order chi connectivity index (χ0) is 18.2. The Labute approximate surface area is 161 Å². The number of hydrogen-bond acceptors (Lipinski definition) is 4. The summed E-state index contributed by atoms with van der Waals surface area (Å²) >= 11 is 1.99. The summed E-state index contributed by atoms with van der Waals surface area (Å²) in [6.45, 7) is 4.95. The van der Waals surface area contributed by atoms with Crippen LogP contribution in [-0.4, -0.2) is 73.2 Å². The highest BCUT2D eigenvalue weighted by molar-refractivity contribution is 7.99. The van der Waals surface area contributed by atoms with E-state index >= 15 is 0 Å². The summed E-state index contributed by atoms with van der Waals surface area (Å²) < 4.78 is 5.19. The smallest absolute Gasteiger partial charge is 0.317 e. The van der Waals surface area contributed by atoms with Gasteiger partial charge in [-0.05, 0) is 62.2 Å². The highest BCUT2D eigenvalue weighted by atomic mass is 32.2. The van der Waals surface area contributed by atoms with Crippen molar-refractivity contribution in [3.8, 4) is 5.75 Å². The maximum absolute atomic E-state index is 12.8. The summed E-state index contributed by atoms with van der Waals surface area (Å²) in [5.74, 6) is 3.08. The van der Waals surface area contributed by atoms with E-state index in [1.807, 2.05) is 23.9 Å². The van der Waals surface area contributed by atoms with Crippen LogP contribution in [0.15, 0.2) is 24.3 Å². The van der Waals surface area contributed by atoms with Gasteiger partial charge in [-0.15, -0.1) is 0 Å². The fourth-order valence-corrected chi connectivity index (χ4v) is 4.78. The standard InChI is InChI=1S/C20H31N3O2S/c1-25-19-7-5-17(6-8-19)9-10-21-20(24)23-13-4-14-26-16-18(23)15-22-11-2-3-12-22/h5-8,18H,2-4,9-16H2,1H3,(H,21,24). The second-order valence-electron chi connectivity index (χ2n) is 7.11. The maximum atomic E-state index is 12.8. The van der Waals surface area contributed by atoms with Gasteiger partial charge in [0.25, 0.3) is 0 Å². The lowest BCUT2D eigenvalue weighted by atomic mass is 10.1. The number of ether oxygens (including phenoxy) is 1. The third-order valence-electron chi connectivity index (χ3n) is 5.22. The van der Waals surface area contributed by atoms with E-state index in [-0.39, 0.29) is 6.03 Å². The van der Waals surface area contributed by atoms with Crippen LogP contribution in [0.3, 0.4) is 0 Å². The van der Waals surface area contributed by atoms with Crippen LogP contribution in [0.5, 0.6) is 5.75 Å². The quantitative estimate of drug-likeness (QED) is 0.828. The Bertz CT molecular complexity index is 561. The largest absolute Gasteiger partial charge is 0.497 e. The molecule has 1 aromatic rings. The molecule has 0 bridgehead atoms. The first-order chi connectivity index (χ1) is 12.8. The van der Waals surface area contributed by atoms with Gasteiger partial charge in [0.05, 0.1) is 13.2 Å². The number of benzene rings is 1. The number of urea groups is 1. The Morgan fingerprint density at radius 3 is 2.69 bits per heavy atom. The molecule has 144 valence electrons. The van der Waals surface area contributed by atoms with Crippen LogP contribution >= 0.6 is 11.8 Å². The Morgan fingerprint density at radius 1 is 1.19 bits per heavy atom. The first kappa shape index (κ1) is 19.4. The van der Waals surface area contributed by atoms with E-state index in [0.717, 1.165) is 43.2 Å². The molecule has 26 heavy (non-hydrogen) atoms. The topological polar surface area (TPSA) is 44.8 Å². The van der Waals surface area contributed by atoms with Crippen LogP contribution in [0, 0.1) is 0 Å². The average Bonchev–Trinajstić information content (AvgIpc) is 3.06. The number of nitrogens with zero attached hydrogens (tertiary/aromatic N) is 2. The first-order valence-corrected chi connectivity index (χ1v) is 10.9. The van der Waals surface area contributed by atoms with Crippen LogP contribution in [0.1, 0.15) is 24.8 Å². The summed E-state index contributed by atoms with van der Waals surface area (Å²) in [5, 5.41) is 3.14. The Morgan fingerprint density at radius 2 is 1.96 bits per heavy atom. The second-order valence-corrected chi connectivity index (χ2v) is 8.26. The van der Waals surface area contributed by atoms with Gasteiger partial charge >= 0.3 is 6.03 Å². The first-order valence-electron chi connectivity index (χ1n) is 9.74. The van der Waals surface area contributed by atoms with Crippen LogP contribution in [0.25, 0.3) is 0 Å². The minimum atomic E-state index is 0.102. The number of thioether (sulfide) groups is 1. The minimum absolute atomic E-state index is 0.102. The van der Waals surface area contributed by atoms with Gasteiger partial charge in [0.1, 0.15) is 5.75 Å². The fourth-order valence-electron chi connectivity index (χ4n) is 3.72. The van der Waals surface area contributed by atoms with Gasteiger partial charge in [-0.3, -0.25) is 0 Å². The van der Waals surface area contributed by atoms with E-state index in [1.54, 1.807) is 7.11 Å². The van der Waals surface area contributed by atoms with E-state index in [2.05, 4.69) is 27.2 Å². The van der Waals surface area contributed by atoms with Gasteiger partial charge in [0, 0.05) is 25.4 Å². The van der Waals surface area contributed by atoms with Gasteiger partial charge in [-0.25, -0.2) is 4.79 Å². The number of rotatable bonds is 6. The van der Waals surface area contributed by atoms with E-state index in [1.165, 1.54) is 31.5 Å². The molecule has 0 radical (unpaired) electrons. The fraction of sp³-hybridized carbons (Fsp3) is 0.650. The summed E-state index contributed by atoms with van der Waals surface area (Å²) in [6.07, 6.45) is 4.53. The molecular weight excluding hydrogens is 346 g/mol. The van der Waals surface area contributed by atoms with Crippen LogP contribution in [0.2, 0.25) is 0 Å². The molecule has 0 aliphatic carbocycles. The lowest BCUT2D eigenvalue weighted by molar-refractivity contribution is 0.162. The zero-order valence-corrected chi connectivity index (χ0v) is 16.6. The molecule has 2 fully saturated rings. The molecule has 0 saturated carbocycles. The highest BCUT2D eigenvalue weighted by Gasteiger charge is 2.28. The predicted molar refractivity (Wildman–Crippen MR) is 108 cm³/mol. The number of hydrogen-bond donors (Lipinski definition) is 1. The summed E-state index contributed by atoms with van der Waals surface area (Å²) in [7, 11) is 1.67. The Hall–Kier alpha value is -1.40. The molecule has 2 heterocycles. The molecule has 2 aliphatic rings. The van der Waals surface area contributed by atoms with E-state index < -0.39 is 0 Å². The maximum Gasteiger partial charge on any atom is 0.317 e. The van der Waals surface area contributed by atoms with Crippen molar-refractivity contribution in [2.45, 2.75) is 31.7 Å². The van der Waals surface area contributed by atoms with Crippen molar-refractivity contribution in [3.63, 3.8) is 0 Å². The van der Waals surface area contributed by atoms with Crippen molar-refractivity contribution in [1.29, 1.82) is 0 Å². The van der Waals surface area contributed by atoms with Crippen molar-refractivity contribution in [2.75, 3.05) is 51.3 Å². The van der Waals surface area contributed by atoms with Crippen molar-refractivity contribution in [2.24, 2.45) is 0 Å². The monoisotopic (exact) mass is 377 g/mol. The summed E-state index contributed by atoms with van der Waals surface area (Å²) in [6, 6.07) is 8.49. The highest BCUT2D eigenvalue weighted by Crippen LogP contribution is 2.19. The minimum Gasteiger partial charge on any atom is -0.497 e. The van der Waals surface area contributed by atoms with Crippen LogP contribution < -0.4 is 10.1 Å². The Kier molecular flexibility index (Phi) is 7.50. The molecule has 2 amide bonds. The lowest BCUT2D eigenvalue weighted by Gasteiger charge is -2.32. The predicted octanol–water partition coefficient (Wildman–Crippen LogP) is 2.85. The number of carbonyl (C=O) groups excluding carboxylic acids is 1. The number of methoxy groups -OCH3 is 1. The Balaban J connectivity index is 1.49. The molecule has 3 rings (SSSR count). The van der Waals surface area contributed by atoms with Gasteiger partial charge in [0.15, 0.2) is 0 Å². The molecule has 6 heteroatoms. The molecule has 2 saturated heterocycles. The second kappa shape index (κ2) is 10.1. The van der Waals surface area contributed by atoms with Crippen molar-refractivity contribution in [3.05, 3.63) is 29.8 Å². The third-order valence-corrected chi connectivity index (χ3v) is 6.41. The molecule has 1 unspecified atom stereocenters. The number of carbonyl (C=O) groups is 1. The van der Waals surface area contributed by atoms with Gasteiger partial charge < -0.3 is 19.9 Å². The lowest BCUT2D eigenvalue weighted by Crippen LogP contribution is -2.51. The van der Waals surface area contributed by atoms with Crippen LogP contribution in [-0.2, 0) is 6.42 Å². The summed E-state index contributed by atoms with van der Waals surface area (Å²) in [5.41, 5.74) is 1.21. The number of nitrogens with one attached hydrogen (secondary N) is 1. The normalized spacial score (nSPS) is 21.4. The molecule has 1 atom stereocenters. The van der Waals surface area contributed by atoms with Gasteiger partial charge in [-0.1, -0.05) is 12.1 Å². The van der Waals surface area contributed by atoms with Crippen LogP contribution in [0.4, 0.5) is 4.79 Å². The van der Waals surface area contributed by atoms with E-state index in [4.69, 9.17) is 4.74 Å². The molecule has 1 aromatic carbocycles. The number of amides is 2. The number of likely N-dealkylation sites (tertiary alicyclic amines) is 1. The van der Waals surface area contributed by atoms with E-state index in [0.29, 0.717) is 12.6 Å². The van der Waals surface area contributed by atoms with Crippen molar-refractivity contribution < 1.29 is 9.53 Å². The van der Waals surface area contributed by atoms with E-state index in [9.17, 15) is 4.79 Å². The van der Waals surface area contributed by atoms with Gasteiger partial charge in [-0.2, -0.15) is 11.8 Å². The molecular formula is C20H31N3O2S.